The number of hydrogen-bond donors (Lipinski definition) is 1. The second-order valence-corrected chi connectivity index (χ2v) is 8.69. The van der Waals surface area contributed by atoms with E-state index < -0.39 is 5.97 Å². The van der Waals surface area contributed by atoms with Crippen LogP contribution in [0.3, 0.4) is 0 Å². The Kier molecular flexibility index (Phi) is 3.55. The Morgan fingerprint density at radius 1 is 1.04 bits per heavy atom. The summed E-state index contributed by atoms with van der Waals surface area (Å²) in [7, 11) is 0. The molecule has 0 aromatic heterocycles. The lowest BCUT2D eigenvalue weighted by molar-refractivity contribution is -0.144. The maximum absolute atomic E-state index is 11.7. The van der Waals surface area contributed by atoms with E-state index in [4.69, 9.17) is 0 Å². The van der Waals surface area contributed by atoms with Crippen LogP contribution in [0.4, 0.5) is 0 Å². The number of carbonyl (C=O) groups is 1. The van der Waals surface area contributed by atoms with E-state index >= 15 is 0 Å². The molecule has 5 rings (SSSR count). The second kappa shape index (κ2) is 5.36. The van der Waals surface area contributed by atoms with Gasteiger partial charge in [0.2, 0.25) is 0 Å². The van der Waals surface area contributed by atoms with Crippen molar-refractivity contribution in [2.75, 3.05) is 0 Å². The zero-order valence-electron chi connectivity index (χ0n) is 14.3. The summed E-state index contributed by atoms with van der Waals surface area (Å²) < 4.78 is 0. The van der Waals surface area contributed by atoms with Crippen LogP contribution in [-0.2, 0) is 10.2 Å². The molecule has 4 aliphatic carbocycles. The number of rotatable bonds is 4. The first-order valence-electron chi connectivity index (χ1n) is 9.31. The summed E-state index contributed by atoms with van der Waals surface area (Å²) in [5.74, 6) is 2.81. The van der Waals surface area contributed by atoms with E-state index in [1.807, 2.05) is 0 Å². The van der Waals surface area contributed by atoms with Crippen molar-refractivity contribution in [2.45, 2.75) is 63.7 Å². The predicted molar refractivity (Wildman–Crippen MR) is 91.5 cm³/mol. The maximum Gasteiger partial charge on any atom is 0.304 e. The molecule has 4 bridgehead atoms. The third-order valence-corrected chi connectivity index (χ3v) is 7.15. The summed E-state index contributed by atoms with van der Waals surface area (Å²) in [5, 5.41) is 9.67. The minimum atomic E-state index is -0.620. The smallest absolute Gasteiger partial charge is 0.304 e. The Labute approximate surface area is 139 Å². The molecule has 4 fully saturated rings. The number of aliphatic carboxylic acids is 1. The van der Waals surface area contributed by atoms with E-state index in [1.54, 1.807) is 0 Å². The highest BCUT2D eigenvalue weighted by Gasteiger charge is 2.58. The van der Waals surface area contributed by atoms with E-state index in [9.17, 15) is 9.90 Å². The molecule has 0 spiro atoms. The van der Waals surface area contributed by atoms with E-state index in [1.165, 1.54) is 43.2 Å². The highest BCUT2D eigenvalue weighted by molar-refractivity contribution is 5.69. The van der Waals surface area contributed by atoms with Crippen LogP contribution in [0.5, 0.6) is 0 Å². The zero-order valence-corrected chi connectivity index (χ0v) is 14.3. The van der Waals surface area contributed by atoms with Crippen molar-refractivity contribution in [1.82, 2.24) is 0 Å². The summed E-state index contributed by atoms with van der Waals surface area (Å²) >= 11 is 0. The number of benzene rings is 1. The van der Waals surface area contributed by atoms with Crippen LogP contribution in [0.2, 0.25) is 0 Å². The quantitative estimate of drug-likeness (QED) is 0.851. The highest BCUT2D eigenvalue weighted by Crippen LogP contribution is 2.64. The van der Waals surface area contributed by atoms with Gasteiger partial charge in [-0.1, -0.05) is 38.1 Å². The van der Waals surface area contributed by atoms with Crippen molar-refractivity contribution >= 4 is 5.97 Å². The molecule has 2 nitrogen and oxygen atoms in total. The molecular weight excluding hydrogens is 284 g/mol. The molecular formula is C21H28O2. The van der Waals surface area contributed by atoms with Gasteiger partial charge in [0.05, 0.1) is 6.42 Å². The Morgan fingerprint density at radius 3 is 2.00 bits per heavy atom. The Hall–Kier alpha value is -1.31. The first-order valence-corrected chi connectivity index (χ1v) is 9.31. The lowest BCUT2D eigenvalue weighted by Crippen LogP contribution is -2.56. The molecule has 1 aromatic rings. The molecule has 0 radical (unpaired) electrons. The fourth-order valence-corrected chi connectivity index (χ4v) is 6.32. The van der Waals surface area contributed by atoms with Gasteiger partial charge >= 0.3 is 5.97 Å². The van der Waals surface area contributed by atoms with Crippen molar-refractivity contribution in [3.05, 3.63) is 35.4 Å². The van der Waals surface area contributed by atoms with Crippen LogP contribution in [0.15, 0.2) is 24.3 Å². The molecule has 0 heterocycles. The standard InChI is InChI=1S/C21H28O2/c1-13(2)16-3-5-17(6-4-16)21(12-20(22)23)18-8-14-7-15(10-18)11-19(21)9-14/h3-6,13-15,18-19H,7-12H2,1-2H3,(H,22,23). The minimum absolute atomic E-state index is 0.102. The van der Waals surface area contributed by atoms with Crippen molar-refractivity contribution in [3.63, 3.8) is 0 Å². The first-order chi connectivity index (χ1) is 11.0. The van der Waals surface area contributed by atoms with Crippen molar-refractivity contribution in [1.29, 1.82) is 0 Å². The first kappa shape index (κ1) is 15.2. The number of hydrogen-bond acceptors (Lipinski definition) is 1. The van der Waals surface area contributed by atoms with Crippen LogP contribution in [0.1, 0.15) is 69.4 Å². The Bertz CT molecular complexity index is 571. The van der Waals surface area contributed by atoms with Gasteiger partial charge in [-0.05, 0) is 72.8 Å². The fraction of sp³-hybridized carbons (Fsp3) is 0.667. The molecule has 0 aliphatic heterocycles. The van der Waals surface area contributed by atoms with Crippen LogP contribution in [0.25, 0.3) is 0 Å². The summed E-state index contributed by atoms with van der Waals surface area (Å²) in [6, 6.07) is 8.96. The molecule has 4 saturated carbocycles. The van der Waals surface area contributed by atoms with Gasteiger partial charge in [0.25, 0.3) is 0 Å². The fourth-order valence-electron chi connectivity index (χ4n) is 6.32. The summed E-state index contributed by atoms with van der Waals surface area (Å²) in [5.41, 5.74) is 2.55. The van der Waals surface area contributed by atoms with Gasteiger partial charge in [0.15, 0.2) is 0 Å². The van der Waals surface area contributed by atoms with Crippen molar-refractivity contribution in [2.24, 2.45) is 23.7 Å². The summed E-state index contributed by atoms with van der Waals surface area (Å²) in [6.45, 7) is 4.43. The molecule has 1 N–H and O–H groups in total. The van der Waals surface area contributed by atoms with Crippen LogP contribution in [-0.4, -0.2) is 11.1 Å². The van der Waals surface area contributed by atoms with E-state index in [0.717, 1.165) is 11.8 Å². The van der Waals surface area contributed by atoms with Gasteiger partial charge in [-0.2, -0.15) is 0 Å². The molecule has 124 valence electrons. The minimum Gasteiger partial charge on any atom is -0.481 e. The lowest BCUT2D eigenvalue weighted by atomic mass is 9.43. The molecule has 1 aromatic carbocycles. The van der Waals surface area contributed by atoms with Crippen LogP contribution < -0.4 is 0 Å². The van der Waals surface area contributed by atoms with Crippen LogP contribution in [0, 0.1) is 23.7 Å². The predicted octanol–water partition coefficient (Wildman–Crippen LogP) is 4.98. The highest BCUT2D eigenvalue weighted by atomic mass is 16.4. The monoisotopic (exact) mass is 312 g/mol. The van der Waals surface area contributed by atoms with Gasteiger partial charge in [-0.25, -0.2) is 0 Å². The largest absolute Gasteiger partial charge is 0.481 e. The Morgan fingerprint density at radius 2 is 1.57 bits per heavy atom. The van der Waals surface area contributed by atoms with Gasteiger partial charge < -0.3 is 5.11 Å². The van der Waals surface area contributed by atoms with E-state index in [2.05, 4.69) is 38.1 Å². The average Bonchev–Trinajstić information content (AvgIpc) is 2.50. The third-order valence-electron chi connectivity index (χ3n) is 7.15. The summed E-state index contributed by atoms with van der Waals surface area (Å²) in [4.78, 5) is 11.7. The van der Waals surface area contributed by atoms with E-state index in [0.29, 0.717) is 24.2 Å². The molecule has 0 unspecified atom stereocenters. The van der Waals surface area contributed by atoms with Gasteiger partial charge in [-0.3, -0.25) is 4.79 Å². The zero-order chi connectivity index (χ0) is 16.2. The summed E-state index contributed by atoms with van der Waals surface area (Å²) in [6.07, 6.45) is 6.75. The van der Waals surface area contributed by atoms with Crippen molar-refractivity contribution < 1.29 is 9.90 Å². The van der Waals surface area contributed by atoms with Gasteiger partial charge in [-0.15, -0.1) is 0 Å². The second-order valence-electron chi connectivity index (χ2n) is 8.69. The third kappa shape index (κ3) is 2.33. The molecule has 2 heteroatoms. The normalized spacial score (nSPS) is 38.2. The number of carboxylic acid groups (broad SMARTS) is 1. The SMILES string of the molecule is CC(C)c1ccc(C2(CC(=O)O)C3CC4CC(C3)CC2C4)cc1. The molecule has 0 amide bonds. The Balaban J connectivity index is 1.76. The molecule has 4 aliphatic rings. The van der Waals surface area contributed by atoms with E-state index in [-0.39, 0.29) is 5.41 Å². The topological polar surface area (TPSA) is 37.3 Å². The van der Waals surface area contributed by atoms with Gasteiger partial charge in [0, 0.05) is 5.41 Å². The average molecular weight is 312 g/mol. The number of carboxylic acids is 1. The molecule has 0 atom stereocenters. The maximum atomic E-state index is 11.7. The van der Waals surface area contributed by atoms with Gasteiger partial charge in [0.1, 0.15) is 0 Å². The van der Waals surface area contributed by atoms with Crippen LogP contribution >= 0.6 is 0 Å². The lowest BCUT2D eigenvalue weighted by Gasteiger charge is -2.61. The molecule has 23 heavy (non-hydrogen) atoms. The van der Waals surface area contributed by atoms with Crippen molar-refractivity contribution in [3.8, 4) is 0 Å². The molecule has 0 saturated heterocycles.